The quantitative estimate of drug-likeness (QED) is 0.411. The Labute approximate surface area is 108 Å². The molecule has 0 aliphatic carbocycles. The number of thiazole rings is 1. The lowest BCUT2D eigenvalue weighted by molar-refractivity contribution is -0.115. The van der Waals surface area contributed by atoms with E-state index in [0.29, 0.717) is 11.7 Å². The number of rotatable bonds is 4. The molecule has 1 amide bonds. The first kappa shape index (κ1) is 12.8. The van der Waals surface area contributed by atoms with E-state index in [1.54, 1.807) is 5.38 Å². The highest BCUT2D eigenvalue weighted by Gasteiger charge is 2.21. The summed E-state index contributed by atoms with van der Waals surface area (Å²) in [6, 6.07) is 0. The number of carbonyl (C=O) groups excluding carboxylic acids is 1. The Kier molecular flexibility index (Phi) is 4.11. The number of anilines is 1. The molecule has 1 fully saturated rings. The third-order valence-electron chi connectivity index (χ3n) is 2.59. The minimum atomic E-state index is -0.488. The van der Waals surface area contributed by atoms with E-state index in [1.807, 2.05) is 0 Å². The molecule has 7 nitrogen and oxygen atoms in total. The topological polar surface area (TPSA) is 110 Å². The molecule has 0 saturated carbocycles. The first-order valence-corrected chi connectivity index (χ1v) is 6.42. The summed E-state index contributed by atoms with van der Waals surface area (Å²) < 4.78 is 5.38. The third-order valence-corrected chi connectivity index (χ3v) is 3.27. The summed E-state index contributed by atoms with van der Waals surface area (Å²) in [5.74, 6) is -0.488. The zero-order valence-electron chi connectivity index (χ0n) is 9.63. The second-order valence-corrected chi connectivity index (χ2v) is 4.75. The first-order valence-electron chi connectivity index (χ1n) is 5.54. The average molecular weight is 270 g/mol. The Morgan fingerprint density at radius 2 is 2.61 bits per heavy atom. The standard InChI is InChI=1S/C10H14N4O3S/c11-10-13-7(5-18-10)8(14-16)9(15)12-4-6-2-1-3-17-6/h5-6,16H,1-4H2,(H2,11,13)(H,12,15)/b14-8+/t6-/m1/s1. The minimum Gasteiger partial charge on any atom is -0.410 e. The SMILES string of the molecule is Nc1nc(/C(=N\O)C(=O)NC[C@H]2CCCO2)cs1. The molecule has 0 spiro atoms. The van der Waals surface area contributed by atoms with E-state index >= 15 is 0 Å². The molecule has 2 heterocycles. The predicted molar refractivity (Wildman–Crippen MR) is 66.8 cm³/mol. The van der Waals surface area contributed by atoms with Gasteiger partial charge < -0.3 is 21.0 Å². The molecular formula is C10H14N4O3S. The third kappa shape index (κ3) is 2.96. The Hall–Kier alpha value is -1.67. The summed E-state index contributed by atoms with van der Waals surface area (Å²) in [7, 11) is 0. The Balaban J connectivity index is 1.93. The minimum absolute atomic E-state index is 0.0365. The number of amides is 1. The van der Waals surface area contributed by atoms with Crippen LogP contribution in [0.5, 0.6) is 0 Å². The van der Waals surface area contributed by atoms with Crippen molar-refractivity contribution in [2.24, 2.45) is 5.16 Å². The van der Waals surface area contributed by atoms with Crippen LogP contribution >= 0.6 is 11.3 Å². The van der Waals surface area contributed by atoms with Crippen molar-refractivity contribution in [3.63, 3.8) is 0 Å². The van der Waals surface area contributed by atoms with Crippen LogP contribution in [0.3, 0.4) is 0 Å². The van der Waals surface area contributed by atoms with Gasteiger partial charge in [-0.1, -0.05) is 5.16 Å². The molecule has 98 valence electrons. The maximum absolute atomic E-state index is 11.8. The van der Waals surface area contributed by atoms with Gasteiger partial charge in [-0.05, 0) is 12.8 Å². The number of hydrogen-bond acceptors (Lipinski definition) is 7. The van der Waals surface area contributed by atoms with Crippen LogP contribution in [0.1, 0.15) is 18.5 Å². The molecular weight excluding hydrogens is 256 g/mol. The molecule has 18 heavy (non-hydrogen) atoms. The molecule has 2 rings (SSSR count). The van der Waals surface area contributed by atoms with Crippen LogP contribution < -0.4 is 11.1 Å². The Morgan fingerprint density at radius 1 is 1.78 bits per heavy atom. The van der Waals surface area contributed by atoms with Crippen LogP contribution in [-0.4, -0.2) is 41.1 Å². The van der Waals surface area contributed by atoms with Gasteiger partial charge in [-0.2, -0.15) is 0 Å². The molecule has 1 saturated heterocycles. The fraction of sp³-hybridized carbons (Fsp3) is 0.500. The lowest BCUT2D eigenvalue weighted by Gasteiger charge is -2.10. The van der Waals surface area contributed by atoms with E-state index < -0.39 is 5.91 Å². The monoisotopic (exact) mass is 270 g/mol. The fourth-order valence-electron chi connectivity index (χ4n) is 1.70. The number of carbonyl (C=O) groups is 1. The zero-order valence-corrected chi connectivity index (χ0v) is 10.4. The van der Waals surface area contributed by atoms with Crippen LogP contribution in [0.25, 0.3) is 0 Å². The van der Waals surface area contributed by atoms with Crippen LogP contribution in [0.4, 0.5) is 5.13 Å². The van der Waals surface area contributed by atoms with Crippen molar-refractivity contribution >= 4 is 28.1 Å². The van der Waals surface area contributed by atoms with Crippen molar-refractivity contribution in [1.29, 1.82) is 0 Å². The molecule has 4 N–H and O–H groups in total. The summed E-state index contributed by atoms with van der Waals surface area (Å²) in [5.41, 5.74) is 5.59. The van der Waals surface area contributed by atoms with Gasteiger partial charge in [-0.3, -0.25) is 4.79 Å². The van der Waals surface area contributed by atoms with Crippen LogP contribution in [0.15, 0.2) is 10.5 Å². The summed E-state index contributed by atoms with van der Waals surface area (Å²) in [4.78, 5) is 15.7. The molecule has 0 radical (unpaired) electrons. The predicted octanol–water partition coefficient (Wildman–Crippen LogP) is 0.199. The number of nitrogens with two attached hydrogens (primary N) is 1. The van der Waals surface area contributed by atoms with Crippen LogP contribution in [-0.2, 0) is 9.53 Å². The van der Waals surface area contributed by atoms with Gasteiger partial charge in [0.2, 0.25) is 0 Å². The van der Waals surface area contributed by atoms with Crippen molar-refractivity contribution in [1.82, 2.24) is 10.3 Å². The summed E-state index contributed by atoms with van der Waals surface area (Å²) in [6.07, 6.45) is 1.97. The molecule has 1 aromatic rings. The van der Waals surface area contributed by atoms with Crippen LogP contribution in [0.2, 0.25) is 0 Å². The zero-order chi connectivity index (χ0) is 13.0. The van der Waals surface area contributed by atoms with Gasteiger partial charge in [-0.15, -0.1) is 11.3 Å². The van der Waals surface area contributed by atoms with Crippen molar-refractivity contribution in [2.45, 2.75) is 18.9 Å². The lowest BCUT2D eigenvalue weighted by Crippen LogP contribution is -2.37. The average Bonchev–Trinajstić information content (AvgIpc) is 2.99. The number of aromatic nitrogens is 1. The normalized spacial score (nSPS) is 20.0. The molecule has 0 unspecified atom stereocenters. The number of hydrogen-bond donors (Lipinski definition) is 3. The summed E-state index contributed by atoms with van der Waals surface area (Å²) in [6.45, 7) is 1.13. The second-order valence-electron chi connectivity index (χ2n) is 3.86. The van der Waals surface area contributed by atoms with Crippen molar-refractivity contribution < 1.29 is 14.7 Å². The van der Waals surface area contributed by atoms with E-state index in [4.69, 9.17) is 15.7 Å². The molecule has 0 aromatic carbocycles. The number of nitrogen functional groups attached to an aromatic ring is 1. The lowest BCUT2D eigenvalue weighted by atomic mass is 10.2. The van der Waals surface area contributed by atoms with Gasteiger partial charge in [0.05, 0.1) is 6.10 Å². The maximum Gasteiger partial charge on any atom is 0.275 e. The molecule has 1 aromatic heterocycles. The van der Waals surface area contributed by atoms with Crippen LogP contribution in [0, 0.1) is 0 Å². The highest BCUT2D eigenvalue weighted by Crippen LogP contribution is 2.13. The van der Waals surface area contributed by atoms with E-state index in [0.717, 1.165) is 19.4 Å². The van der Waals surface area contributed by atoms with Gasteiger partial charge in [0.15, 0.2) is 10.8 Å². The second kappa shape index (κ2) is 5.78. The van der Waals surface area contributed by atoms with Gasteiger partial charge in [0.25, 0.3) is 5.91 Å². The first-order chi connectivity index (χ1) is 8.70. The van der Waals surface area contributed by atoms with E-state index in [2.05, 4.69) is 15.5 Å². The van der Waals surface area contributed by atoms with E-state index in [1.165, 1.54) is 11.3 Å². The number of nitrogens with zero attached hydrogens (tertiary/aromatic N) is 2. The molecule has 1 atom stereocenters. The largest absolute Gasteiger partial charge is 0.410 e. The van der Waals surface area contributed by atoms with Crippen molar-refractivity contribution in [3.05, 3.63) is 11.1 Å². The smallest absolute Gasteiger partial charge is 0.275 e. The highest BCUT2D eigenvalue weighted by atomic mass is 32.1. The highest BCUT2D eigenvalue weighted by molar-refractivity contribution is 7.13. The number of oxime groups is 1. The molecule has 1 aliphatic rings. The Morgan fingerprint density at radius 3 is 3.17 bits per heavy atom. The molecule has 1 aliphatic heterocycles. The fourth-order valence-corrected chi connectivity index (χ4v) is 2.25. The van der Waals surface area contributed by atoms with Crippen molar-refractivity contribution in [2.75, 3.05) is 18.9 Å². The van der Waals surface area contributed by atoms with Gasteiger partial charge in [-0.25, -0.2) is 4.98 Å². The van der Waals surface area contributed by atoms with E-state index in [-0.39, 0.29) is 17.5 Å². The maximum atomic E-state index is 11.8. The van der Waals surface area contributed by atoms with E-state index in [9.17, 15) is 4.79 Å². The van der Waals surface area contributed by atoms with Crippen molar-refractivity contribution in [3.8, 4) is 0 Å². The van der Waals surface area contributed by atoms with Gasteiger partial charge in [0, 0.05) is 18.5 Å². The summed E-state index contributed by atoms with van der Waals surface area (Å²) >= 11 is 1.18. The molecule has 0 bridgehead atoms. The van der Waals surface area contributed by atoms with Gasteiger partial charge in [0.1, 0.15) is 5.69 Å². The Bertz CT molecular complexity index is 454. The van der Waals surface area contributed by atoms with Gasteiger partial charge >= 0.3 is 0 Å². The molecule has 8 heteroatoms. The summed E-state index contributed by atoms with van der Waals surface area (Å²) in [5, 5.41) is 16.4. The number of ether oxygens (including phenoxy) is 1. The number of nitrogens with one attached hydrogen (secondary N) is 1.